The molecule has 0 saturated carbocycles. The smallest absolute Gasteiger partial charge is 0.114 e. The van der Waals surface area contributed by atoms with Gasteiger partial charge in [0.05, 0.1) is 11.2 Å². The maximum Gasteiger partial charge on any atom is 0.114 e. The van der Waals surface area contributed by atoms with Gasteiger partial charge in [0, 0.05) is 0 Å². The summed E-state index contributed by atoms with van der Waals surface area (Å²) in [6.07, 6.45) is 0. The van der Waals surface area contributed by atoms with Crippen LogP contribution in [0.2, 0.25) is 0 Å². The fourth-order valence-electron chi connectivity index (χ4n) is 1.03. The summed E-state index contributed by atoms with van der Waals surface area (Å²) in [6, 6.07) is 0. The van der Waals surface area contributed by atoms with Gasteiger partial charge in [-0.3, -0.25) is 0 Å². The summed E-state index contributed by atoms with van der Waals surface area (Å²) in [5, 5.41) is 1.71. The van der Waals surface area contributed by atoms with Gasteiger partial charge in [0.2, 0.25) is 0 Å². The first-order valence-corrected chi connectivity index (χ1v) is 5.19. The fraction of sp³-hybridized carbons (Fsp3) is 0.667. The number of nitrogens with zero attached hydrogens (tertiary/aromatic N) is 1. The zero-order valence-electron chi connectivity index (χ0n) is 8.59. The van der Waals surface area contributed by atoms with Crippen molar-refractivity contribution in [2.75, 3.05) is 5.73 Å². The van der Waals surface area contributed by atoms with Crippen molar-refractivity contribution in [2.24, 2.45) is 5.73 Å². The van der Waals surface area contributed by atoms with E-state index < -0.39 is 0 Å². The molecule has 0 saturated heterocycles. The van der Waals surface area contributed by atoms with Crippen molar-refractivity contribution in [1.82, 2.24) is 4.98 Å². The quantitative estimate of drug-likeness (QED) is 0.766. The summed E-state index contributed by atoms with van der Waals surface area (Å²) in [6.45, 7) is 8.04. The number of hydrogen-bond acceptors (Lipinski definition) is 4. The molecule has 3 nitrogen and oxygen atoms in total. The molecule has 4 heteroatoms. The molecular formula is C9H17N3S. The molecule has 1 aromatic rings. The largest absolute Gasteiger partial charge is 0.389 e. The summed E-state index contributed by atoms with van der Waals surface area (Å²) in [5.41, 5.74) is 12.4. The SMILES string of the molecule is CC(C)c1nc(C(C)(C)N)sc1N. The zero-order chi connectivity index (χ0) is 10.2. The third kappa shape index (κ3) is 2.19. The molecule has 0 aliphatic carbocycles. The third-order valence-corrected chi connectivity index (χ3v) is 3.02. The molecular weight excluding hydrogens is 182 g/mol. The van der Waals surface area contributed by atoms with E-state index in [1.807, 2.05) is 13.8 Å². The maximum absolute atomic E-state index is 5.93. The van der Waals surface area contributed by atoms with Crippen LogP contribution in [0, 0.1) is 0 Å². The topological polar surface area (TPSA) is 64.9 Å². The summed E-state index contributed by atoms with van der Waals surface area (Å²) in [5.74, 6) is 0.368. The number of aromatic nitrogens is 1. The lowest BCUT2D eigenvalue weighted by Gasteiger charge is -2.13. The highest BCUT2D eigenvalue weighted by Gasteiger charge is 2.21. The second-order valence-electron chi connectivity index (χ2n) is 4.14. The molecule has 0 aromatic carbocycles. The first-order chi connectivity index (χ1) is 5.82. The molecule has 13 heavy (non-hydrogen) atoms. The van der Waals surface area contributed by atoms with E-state index in [1.54, 1.807) is 0 Å². The van der Waals surface area contributed by atoms with Crippen molar-refractivity contribution < 1.29 is 0 Å². The summed E-state index contributed by atoms with van der Waals surface area (Å²) in [7, 11) is 0. The average molecular weight is 199 g/mol. The molecule has 0 aliphatic heterocycles. The number of anilines is 1. The number of hydrogen-bond donors (Lipinski definition) is 2. The highest BCUT2D eigenvalue weighted by molar-refractivity contribution is 7.15. The second-order valence-corrected chi connectivity index (χ2v) is 5.18. The standard InChI is InChI=1S/C9H17N3S/c1-5(2)6-7(10)13-8(12-6)9(3,4)11/h5H,10-11H2,1-4H3. The molecule has 0 amide bonds. The molecule has 1 aromatic heterocycles. The van der Waals surface area contributed by atoms with Crippen LogP contribution in [0.1, 0.15) is 44.3 Å². The van der Waals surface area contributed by atoms with Crippen LogP contribution in [-0.2, 0) is 5.54 Å². The molecule has 74 valence electrons. The van der Waals surface area contributed by atoms with Crippen LogP contribution in [0.4, 0.5) is 5.00 Å². The van der Waals surface area contributed by atoms with E-state index in [0.29, 0.717) is 5.92 Å². The van der Waals surface area contributed by atoms with Gasteiger partial charge in [-0.05, 0) is 19.8 Å². The van der Waals surface area contributed by atoms with Gasteiger partial charge in [0.1, 0.15) is 10.0 Å². The van der Waals surface area contributed by atoms with Gasteiger partial charge < -0.3 is 11.5 Å². The van der Waals surface area contributed by atoms with E-state index in [2.05, 4.69) is 18.8 Å². The van der Waals surface area contributed by atoms with Gasteiger partial charge in [-0.15, -0.1) is 0 Å². The minimum absolute atomic E-state index is 0.368. The van der Waals surface area contributed by atoms with Crippen molar-refractivity contribution in [2.45, 2.75) is 39.2 Å². The molecule has 0 fully saturated rings. The van der Waals surface area contributed by atoms with Gasteiger partial charge in [0.15, 0.2) is 0 Å². The van der Waals surface area contributed by atoms with Crippen molar-refractivity contribution in [3.05, 3.63) is 10.7 Å². The maximum atomic E-state index is 5.93. The minimum atomic E-state index is -0.383. The van der Waals surface area contributed by atoms with Crippen molar-refractivity contribution in [3.63, 3.8) is 0 Å². The predicted octanol–water partition coefficient (Wildman–Crippen LogP) is 2.04. The zero-order valence-corrected chi connectivity index (χ0v) is 9.40. The molecule has 4 N–H and O–H groups in total. The number of nitrogen functional groups attached to an aromatic ring is 1. The Balaban J connectivity index is 3.10. The van der Waals surface area contributed by atoms with E-state index in [1.165, 1.54) is 11.3 Å². The van der Waals surface area contributed by atoms with E-state index in [4.69, 9.17) is 11.5 Å². The van der Waals surface area contributed by atoms with Gasteiger partial charge in [-0.2, -0.15) is 0 Å². The lowest BCUT2D eigenvalue weighted by Crippen LogP contribution is -2.28. The van der Waals surface area contributed by atoms with Crippen LogP contribution in [0.15, 0.2) is 0 Å². The second kappa shape index (κ2) is 3.27. The Hall–Kier alpha value is -0.610. The predicted molar refractivity (Wildman–Crippen MR) is 57.8 cm³/mol. The molecule has 0 aliphatic rings. The van der Waals surface area contributed by atoms with E-state index in [0.717, 1.165) is 15.7 Å². The van der Waals surface area contributed by atoms with Gasteiger partial charge in [0.25, 0.3) is 0 Å². The molecule has 1 heterocycles. The molecule has 0 atom stereocenters. The summed E-state index contributed by atoms with van der Waals surface area (Å²) >= 11 is 1.49. The molecule has 0 radical (unpaired) electrons. The van der Waals surface area contributed by atoms with Crippen LogP contribution in [0.5, 0.6) is 0 Å². The lowest BCUT2D eigenvalue weighted by atomic mass is 10.1. The van der Waals surface area contributed by atoms with Crippen LogP contribution >= 0.6 is 11.3 Å². The highest BCUT2D eigenvalue weighted by Crippen LogP contribution is 2.31. The molecule has 1 rings (SSSR count). The Kier molecular flexibility index (Phi) is 2.63. The molecule has 0 spiro atoms. The minimum Gasteiger partial charge on any atom is -0.389 e. The highest BCUT2D eigenvalue weighted by atomic mass is 32.1. The Morgan fingerprint density at radius 3 is 2.15 bits per heavy atom. The Morgan fingerprint density at radius 2 is 1.92 bits per heavy atom. The normalized spacial score (nSPS) is 12.5. The van der Waals surface area contributed by atoms with Gasteiger partial charge >= 0.3 is 0 Å². The van der Waals surface area contributed by atoms with Crippen molar-refractivity contribution in [1.29, 1.82) is 0 Å². The molecule has 0 unspecified atom stereocenters. The van der Waals surface area contributed by atoms with Crippen molar-refractivity contribution >= 4 is 16.3 Å². The van der Waals surface area contributed by atoms with Gasteiger partial charge in [-0.1, -0.05) is 25.2 Å². The number of nitrogens with two attached hydrogens (primary N) is 2. The first-order valence-electron chi connectivity index (χ1n) is 4.38. The number of rotatable bonds is 2. The van der Waals surface area contributed by atoms with Gasteiger partial charge in [-0.25, -0.2) is 4.98 Å². The van der Waals surface area contributed by atoms with Crippen molar-refractivity contribution in [3.8, 4) is 0 Å². The average Bonchev–Trinajstić information content (AvgIpc) is 2.29. The van der Waals surface area contributed by atoms with Crippen LogP contribution in [0.25, 0.3) is 0 Å². The summed E-state index contributed by atoms with van der Waals surface area (Å²) in [4.78, 5) is 4.45. The first kappa shape index (κ1) is 10.5. The monoisotopic (exact) mass is 199 g/mol. The Labute approximate surface area is 83.2 Å². The molecule has 0 bridgehead atoms. The van der Waals surface area contributed by atoms with E-state index >= 15 is 0 Å². The lowest BCUT2D eigenvalue weighted by molar-refractivity contribution is 0.547. The van der Waals surface area contributed by atoms with Crippen LogP contribution in [-0.4, -0.2) is 4.98 Å². The van der Waals surface area contributed by atoms with E-state index in [9.17, 15) is 0 Å². The van der Waals surface area contributed by atoms with E-state index in [-0.39, 0.29) is 5.54 Å². The Morgan fingerprint density at radius 1 is 1.38 bits per heavy atom. The Bertz CT molecular complexity index is 296. The van der Waals surface area contributed by atoms with Crippen LogP contribution in [0.3, 0.4) is 0 Å². The summed E-state index contributed by atoms with van der Waals surface area (Å²) < 4.78 is 0. The van der Waals surface area contributed by atoms with Crippen LogP contribution < -0.4 is 11.5 Å². The third-order valence-electron chi connectivity index (χ3n) is 1.78. The number of thiazole rings is 1. The fourth-order valence-corrected chi connectivity index (χ4v) is 2.03.